The summed E-state index contributed by atoms with van der Waals surface area (Å²) in [5.74, 6) is -5.34. The molecule has 0 saturated carbocycles. The Morgan fingerprint density at radius 3 is 1.51 bits per heavy atom. The van der Waals surface area contributed by atoms with Gasteiger partial charge in [0.2, 0.25) is 35.4 Å². The minimum absolute atomic E-state index is 0.0313. The number of aromatic nitrogens is 4. The maximum Gasteiger partial charge on any atom is 0.243 e. The van der Waals surface area contributed by atoms with E-state index < -0.39 is 97.2 Å². The number of rotatable bonds is 31. The molecule has 3 rings (SSSR count). The first-order valence-corrected chi connectivity index (χ1v) is 22.3. The first-order chi connectivity index (χ1) is 33.7. The zero-order valence-electron chi connectivity index (χ0n) is 39.0. The first kappa shape index (κ1) is 57.4. The van der Waals surface area contributed by atoms with Gasteiger partial charge in [0.25, 0.3) is 0 Å². The summed E-state index contributed by atoms with van der Waals surface area (Å²) in [6.07, 6.45) is -1.77. The van der Waals surface area contributed by atoms with Crippen molar-refractivity contribution in [2.24, 2.45) is 71.6 Å². The van der Waals surface area contributed by atoms with Crippen molar-refractivity contribution < 1.29 is 43.7 Å². The smallest absolute Gasteiger partial charge is 0.243 e. The molecule has 0 aromatic carbocycles. The third-order valence-corrected chi connectivity index (χ3v) is 10.4. The van der Waals surface area contributed by atoms with Gasteiger partial charge in [-0.15, -0.1) is 0 Å². The lowest BCUT2D eigenvalue weighted by molar-refractivity contribution is -0.134. The van der Waals surface area contributed by atoms with Gasteiger partial charge >= 0.3 is 0 Å². The molecule has 1 aliphatic rings. The van der Waals surface area contributed by atoms with E-state index in [1.54, 1.807) is 0 Å². The molecule has 33 heteroatoms. The van der Waals surface area contributed by atoms with E-state index in [1.165, 1.54) is 17.2 Å². The molecule has 28 N–H and O–H groups in total. The molecular formula is C38H68N24O9. The van der Waals surface area contributed by atoms with Gasteiger partial charge in [0.15, 0.2) is 41.5 Å². The first-order valence-electron chi connectivity index (χ1n) is 22.3. The van der Waals surface area contributed by atoms with Crippen LogP contribution >= 0.6 is 0 Å². The van der Waals surface area contributed by atoms with Crippen LogP contribution < -0.4 is 89.2 Å². The zero-order valence-corrected chi connectivity index (χ0v) is 39.0. The summed E-state index contributed by atoms with van der Waals surface area (Å²) in [4.78, 5) is 108. The largest absolute Gasteiger partial charge is 0.387 e. The number of guanidine groups is 4. The minimum atomic E-state index is -1.43. The molecule has 8 atom stereocenters. The van der Waals surface area contributed by atoms with Crippen LogP contribution in [0.3, 0.4) is 0 Å². The van der Waals surface area contributed by atoms with Crippen LogP contribution in [0, 0.1) is 0 Å². The highest BCUT2D eigenvalue weighted by atomic mass is 16.6. The van der Waals surface area contributed by atoms with Gasteiger partial charge in [0.1, 0.15) is 54.3 Å². The van der Waals surface area contributed by atoms with Gasteiger partial charge in [-0.2, -0.15) is 0 Å². The Labute approximate surface area is 406 Å². The number of carbonyl (C=O) groups is 6. The number of aliphatic hydroxyl groups excluding tert-OH is 2. The number of nitrogens with one attached hydrogen (secondary N) is 6. The maximum absolute atomic E-state index is 14.0. The average molecular weight is 1010 g/mol. The fraction of sp³-hybridized carbons (Fsp3) is 0.605. The highest BCUT2D eigenvalue weighted by Crippen LogP contribution is 2.31. The van der Waals surface area contributed by atoms with Gasteiger partial charge in [-0.3, -0.25) is 58.6 Å². The predicted molar refractivity (Wildman–Crippen MR) is 258 cm³/mol. The van der Waals surface area contributed by atoms with Crippen molar-refractivity contribution in [3.05, 3.63) is 12.7 Å². The number of nitrogen functional groups attached to an aromatic ring is 1. The molecule has 3 heterocycles. The molecule has 0 unspecified atom stereocenters. The summed E-state index contributed by atoms with van der Waals surface area (Å²) < 4.78 is 7.22. The topological polar surface area (TPSA) is 578 Å². The van der Waals surface area contributed by atoms with Crippen molar-refractivity contribution in [1.82, 2.24) is 51.4 Å². The Balaban J connectivity index is 1.69. The van der Waals surface area contributed by atoms with Crippen molar-refractivity contribution in [3.63, 3.8) is 0 Å². The number of hydrogen-bond acceptors (Lipinski definition) is 18. The number of aliphatic hydroxyl groups is 2. The number of amides is 6. The number of nitrogens with two attached hydrogens (primary N) is 10. The van der Waals surface area contributed by atoms with E-state index in [9.17, 15) is 39.0 Å². The van der Waals surface area contributed by atoms with Crippen LogP contribution in [0.5, 0.6) is 0 Å². The third-order valence-electron chi connectivity index (χ3n) is 10.4. The van der Waals surface area contributed by atoms with Gasteiger partial charge in [-0.25, -0.2) is 15.0 Å². The van der Waals surface area contributed by atoms with Crippen molar-refractivity contribution in [1.29, 1.82) is 0 Å². The van der Waals surface area contributed by atoms with E-state index in [4.69, 9.17) is 62.1 Å². The molecule has 0 aliphatic carbocycles. The minimum Gasteiger partial charge on any atom is -0.387 e. The van der Waals surface area contributed by atoms with E-state index in [0.29, 0.717) is 0 Å². The molecule has 71 heavy (non-hydrogen) atoms. The Hall–Kier alpha value is -7.91. The van der Waals surface area contributed by atoms with Gasteiger partial charge in [-0.05, 0) is 51.4 Å². The summed E-state index contributed by atoms with van der Waals surface area (Å²) in [6, 6.07) is -5.11. The summed E-state index contributed by atoms with van der Waals surface area (Å²) in [5, 5.41) is 37.0. The number of aliphatic imine (C=N–C) groups is 4. The summed E-state index contributed by atoms with van der Waals surface area (Å²) in [5.41, 5.74) is 55.4. The molecule has 394 valence electrons. The second kappa shape index (κ2) is 29.2. The van der Waals surface area contributed by atoms with E-state index in [0.717, 1.165) is 0 Å². The molecule has 0 spiro atoms. The average Bonchev–Trinajstić information content (AvgIpc) is 3.86. The SMILES string of the molecule is NC(=O)[C@H](CCCN=C(N)N)NC(=O)[C@H](CCCN=C(N)N)NC(=O)[C@H](CCCN=C(N)N)NC(=O)[C@H](CCCN=C(N)N)NC(=O)CNCC(=O)NC[C@H]1O[C@@H](n2cnc3c(N)ncnc32)[C@H](O)[C@@H]1O. The van der Waals surface area contributed by atoms with Crippen LogP contribution in [-0.4, -0.2) is 177 Å². The lowest BCUT2D eigenvalue weighted by Crippen LogP contribution is -2.58. The monoisotopic (exact) mass is 1000 g/mol. The molecule has 2 aromatic rings. The zero-order chi connectivity index (χ0) is 52.6. The fourth-order valence-electron chi connectivity index (χ4n) is 6.92. The Bertz CT molecular complexity index is 2220. The number of hydrogen-bond donors (Lipinski definition) is 18. The highest BCUT2D eigenvalue weighted by Gasteiger charge is 2.44. The molecule has 1 saturated heterocycles. The standard InChI is InChI=1S/C38H68N24O9/c39-28-25-30(56-16-55-28)62(17-57-25)34-27(66)26(65)22(71-34)13-54-23(63)14-49-15-24(64)58-19(6-2-10-51-36(43)44)31(68)60-21(8-4-12-53-38(47)48)33(70)61-20(7-3-11-52-37(45)46)32(69)59-18(29(40)67)5-1-9-50-35(41)42/h16-22,26-27,34,49,65-66H,1-15H2,(H2,40,67)(H,54,63)(H,58,64)(H,59,69)(H,60,68)(H,61,70)(H2,39,55,56)(H4,41,42,50)(H4,43,44,51)(H4,45,46,52)(H4,47,48,53)/t18-,19-,20-,21-,22+,26+,27+,34+/m0/s1. The summed E-state index contributed by atoms with van der Waals surface area (Å²) >= 11 is 0. The van der Waals surface area contributed by atoms with Gasteiger partial charge in [-0.1, -0.05) is 0 Å². The fourth-order valence-corrected chi connectivity index (χ4v) is 6.92. The number of primary amides is 1. The Morgan fingerprint density at radius 2 is 1.04 bits per heavy atom. The number of carbonyl (C=O) groups excluding carboxylic acids is 6. The van der Waals surface area contributed by atoms with Crippen LogP contribution in [0.4, 0.5) is 5.82 Å². The van der Waals surface area contributed by atoms with Gasteiger partial charge in [0.05, 0.1) is 19.4 Å². The number of anilines is 1. The van der Waals surface area contributed by atoms with Gasteiger partial charge in [0, 0.05) is 32.7 Å². The summed E-state index contributed by atoms with van der Waals surface area (Å²) in [6.45, 7) is -0.765. The van der Waals surface area contributed by atoms with Crippen LogP contribution in [0.25, 0.3) is 11.2 Å². The number of imidazole rings is 1. The van der Waals surface area contributed by atoms with E-state index in [2.05, 4.69) is 66.8 Å². The van der Waals surface area contributed by atoms with Crippen LogP contribution in [-0.2, 0) is 33.5 Å². The van der Waals surface area contributed by atoms with Crippen molar-refractivity contribution in [2.75, 3.05) is 51.5 Å². The second-order valence-corrected chi connectivity index (χ2v) is 16.0. The molecule has 2 aromatic heterocycles. The number of fused-ring (bicyclic) bond motifs is 1. The van der Waals surface area contributed by atoms with Crippen molar-refractivity contribution in [3.8, 4) is 0 Å². The molecule has 33 nitrogen and oxygen atoms in total. The molecule has 0 radical (unpaired) electrons. The molecule has 6 amide bonds. The van der Waals surface area contributed by atoms with Crippen molar-refractivity contribution >= 4 is 76.3 Å². The predicted octanol–water partition coefficient (Wildman–Crippen LogP) is -9.63. The molecule has 1 aliphatic heterocycles. The summed E-state index contributed by atoms with van der Waals surface area (Å²) in [7, 11) is 0. The third kappa shape index (κ3) is 19.9. The molecular weight excluding hydrogens is 937 g/mol. The van der Waals surface area contributed by atoms with Crippen LogP contribution in [0.15, 0.2) is 32.6 Å². The maximum atomic E-state index is 14.0. The Morgan fingerprint density at radius 1 is 0.606 bits per heavy atom. The highest BCUT2D eigenvalue weighted by molar-refractivity contribution is 5.95. The quantitative estimate of drug-likeness (QED) is 0.0189. The molecule has 0 bridgehead atoms. The number of nitrogens with zero attached hydrogens (tertiary/aromatic N) is 8. The lowest BCUT2D eigenvalue weighted by atomic mass is 10.0. The van der Waals surface area contributed by atoms with Crippen LogP contribution in [0.1, 0.15) is 57.6 Å². The normalized spacial score (nSPS) is 17.8. The Kier molecular flexibility index (Phi) is 23.6. The molecule has 1 fully saturated rings. The second-order valence-electron chi connectivity index (χ2n) is 16.0. The van der Waals surface area contributed by atoms with E-state index in [-0.39, 0.29) is 125 Å². The van der Waals surface area contributed by atoms with Gasteiger partial charge < -0.3 is 98.9 Å². The van der Waals surface area contributed by atoms with E-state index in [1.807, 2.05) is 0 Å². The number of ether oxygens (including phenoxy) is 1. The lowest BCUT2D eigenvalue weighted by Gasteiger charge is -2.26. The van der Waals surface area contributed by atoms with Crippen LogP contribution in [0.2, 0.25) is 0 Å². The van der Waals surface area contributed by atoms with E-state index >= 15 is 0 Å². The van der Waals surface area contributed by atoms with Crippen molar-refractivity contribution in [2.45, 2.75) is 100 Å².